The highest BCUT2D eigenvalue weighted by atomic mass is 32.1. The molecule has 0 unspecified atom stereocenters. The van der Waals surface area contributed by atoms with Crippen molar-refractivity contribution in [3.8, 4) is 5.88 Å². The van der Waals surface area contributed by atoms with E-state index in [0.29, 0.717) is 27.5 Å². The molecule has 100 valence electrons. The number of nitrogens with zero attached hydrogens (tertiary/aromatic N) is 3. The second-order valence-corrected chi connectivity index (χ2v) is 5.47. The molecule has 1 aromatic heterocycles. The largest absolute Gasteiger partial charge is 0.493 e. The molecule has 0 bridgehead atoms. The first-order valence-corrected chi connectivity index (χ1v) is 6.72. The Hall–Kier alpha value is -1.80. The van der Waals surface area contributed by atoms with Crippen molar-refractivity contribution in [1.82, 2.24) is 4.57 Å². The van der Waals surface area contributed by atoms with Gasteiger partial charge in [0, 0.05) is 13.0 Å². The SMILES string of the molecule is O=C(O)CCCn1c(O)c(/C=C2\C=NC=N2)sc1=S. The summed E-state index contributed by atoms with van der Waals surface area (Å²) in [6, 6.07) is 0. The van der Waals surface area contributed by atoms with Crippen molar-refractivity contribution in [2.75, 3.05) is 0 Å². The molecule has 6 nitrogen and oxygen atoms in total. The van der Waals surface area contributed by atoms with Gasteiger partial charge in [0.05, 0.1) is 16.8 Å². The molecule has 2 N–H and O–H groups in total. The number of carbonyl (C=O) groups is 1. The summed E-state index contributed by atoms with van der Waals surface area (Å²) in [5.74, 6) is -0.816. The van der Waals surface area contributed by atoms with Crippen molar-refractivity contribution in [2.45, 2.75) is 19.4 Å². The van der Waals surface area contributed by atoms with Gasteiger partial charge in [0.2, 0.25) is 5.88 Å². The van der Waals surface area contributed by atoms with Gasteiger partial charge in [0.15, 0.2) is 3.95 Å². The van der Waals surface area contributed by atoms with Crippen LogP contribution in [0.2, 0.25) is 0 Å². The van der Waals surface area contributed by atoms with E-state index in [9.17, 15) is 9.90 Å². The van der Waals surface area contributed by atoms with Gasteiger partial charge in [-0.15, -0.1) is 11.3 Å². The number of thiazole rings is 1. The highest BCUT2D eigenvalue weighted by Crippen LogP contribution is 2.29. The summed E-state index contributed by atoms with van der Waals surface area (Å²) >= 11 is 6.41. The van der Waals surface area contributed by atoms with E-state index in [2.05, 4.69) is 9.98 Å². The Morgan fingerprint density at radius 1 is 1.58 bits per heavy atom. The van der Waals surface area contributed by atoms with Gasteiger partial charge in [-0.1, -0.05) is 0 Å². The lowest BCUT2D eigenvalue weighted by molar-refractivity contribution is -0.137. The fourth-order valence-corrected chi connectivity index (χ4v) is 2.85. The minimum Gasteiger partial charge on any atom is -0.493 e. The van der Waals surface area contributed by atoms with E-state index in [0.717, 1.165) is 0 Å². The maximum atomic E-state index is 10.5. The van der Waals surface area contributed by atoms with Crippen LogP contribution >= 0.6 is 23.6 Å². The lowest BCUT2D eigenvalue weighted by Crippen LogP contribution is -2.01. The highest BCUT2D eigenvalue weighted by Gasteiger charge is 2.11. The van der Waals surface area contributed by atoms with Crippen molar-refractivity contribution < 1.29 is 15.0 Å². The van der Waals surface area contributed by atoms with Crippen LogP contribution < -0.4 is 0 Å². The van der Waals surface area contributed by atoms with E-state index < -0.39 is 5.97 Å². The van der Waals surface area contributed by atoms with Crippen LogP contribution in [0.3, 0.4) is 0 Å². The molecule has 0 amide bonds. The van der Waals surface area contributed by atoms with E-state index in [1.807, 2.05) is 0 Å². The van der Waals surface area contributed by atoms with Gasteiger partial charge in [-0.3, -0.25) is 9.36 Å². The zero-order valence-electron chi connectivity index (χ0n) is 9.81. The zero-order chi connectivity index (χ0) is 13.8. The first-order valence-electron chi connectivity index (χ1n) is 5.49. The van der Waals surface area contributed by atoms with Crippen LogP contribution in [-0.2, 0) is 11.3 Å². The maximum absolute atomic E-state index is 10.5. The average molecular weight is 297 g/mol. The fourth-order valence-electron chi connectivity index (χ4n) is 1.55. The Kier molecular flexibility index (Phi) is 4.23. The molecule has 0 atom stereocenters. The predicted molar refractivity (Wildman–Crippen MR) is 76.6 cm³/mol. The minimum atomic E-state index is -0.861. The van der Waals surface area contributed by atoms with Crippen LogP contribution in [0, 0.1) is 3.95 Å². The normalized spacial score (nSPS) is 15.5. The highest BCUT2D eigenvalue weighted by molar-refractivity contribution is 7.73. The molecule has 2 rings (SSSR count). The number of aromatic nitrogens is 1. The molecule has 1 aliphatic rings. The Morgan fingerprint density at radius 2 is 2.37 bits per heavy atom. The summed E-state index contributed by atoms with van der Waals surface area (Å²) in [7, 11) is 0. The fraction of sp³-hybridized carbons (Fsp3) is 0.273. The molecule has 0 spiro atoms. The molecule has 19 heavy (non-hydrogen) atoms. The van der Waals surface area contributed by atoms with Crippen LogP contribution in [-0.4, -0.2) is 33.3 Å². The van der Waals surface area contributed by atoms with Gasteiger partial charge >= 0.3 is 5.97 Å². The van der Waals surface area contributed by atoms with Gasteiger partial charge in [0.25, 0.3) is 0 Å². The van der Waals surface area contributed by atoms with Crippen LogP contribution in [0.4, 0.5) is 0 Å². The van der Waals surface area contributed by atoms with E-state index >= 15 is 0 Å². The molecule has 0 radical (unpaired) electrons. The topological polar surface area (TPSA) is 87.2 Å². The monoisotopic (exact) mass is 297 g/mol. The summed E-state index contributed by atoms with van der Waals surface area (Å²) in [5.41, 5.74) is 0.643. The van der Waals surface area contributed by atoms with Gasteiger partial charge in [0.1, 0.15) is 6.34 Å². The molecule has 0 saturated heterocycles. The van der Waals surface area contributed by atoms with Crippen LogP contribution in [0.15, 0.2) is 15.7 Å². The van der Waals surface area contributed by atoms with E-state index in [-0.39, 0.29) is 12.3 Å². The number of aliphatic imine (C=N–C) groups is 2. The number of carboxylic acids is 1. The predicted octanol–water partition coefficient (Wildman–Crippen LogP) is 2.30. The Labute approximate surface area is 118 Å². The molecule has 1 aliphatic heterocycles. The lowest BCUT2D eigenvalue weighted by Gasteiger charge is -2.02. The van der Waals surface area contributed by atoms with Gasteiger partial charge < -0.3 is 10.2 Å². The lowest BCUT2D eigenvalue weighted by atomic mass is 10.3. The number of allylic oxidation sites excluding steroid dienone is 1. The third-order valence-electron chi connectivity index (χ3n) is 2.43. The quantitative estimate of drug-likeness (QED) is 0.816. The van der Waals surface area contributed by atoms with Crippen LogP contribution in [0.25, 0.3) is 6.08 Å². The van der Waals surface area contributed by atoms with Crippen molar-refractivity contribution in [3.63, 3.8) is 0 Å². The second kappa shape index (κ2) is 5.89. The number of aromatic hydroxyl groups is 1. The second-order valence-electron chi connectivity index (χ2n) is 3.80. The first-order chi connectivity index (χ1) is 9.08. The number of carboxylic acid groups (broad SMARTS) is 1. The molecule has 0 saturated carbocycles. The van der Waals surface area contributed by atoms with Crippen molar-refractivity contribution in [1.29, 1.82) is 0 Å². The summed E-state index contributed by atoms with van der Waals surface area (Å²) < 4.78 is 2.04. The average Bonchev–Trinajstić information content (AvgIpc) is 2.93. The Bertz CT molecular complexity index is 626. The van der Waals surface area contributed by atoms with Gasteiger partial charge in [-0.05, 0) is 24.7 Å². The summed E-state index contributed by atoms with van der Waals surface area (Å²) in [5, 5.41) is 18.6. The van der Waals surface area contributed by atoms with E-state index in [1.54, 1.807) is 12.3 Å². The Morgan fingerprint density at radius 3 is 3.00 bits per heavy atom. The number of hydrogen-bond acceptors (Lipinski definition) is 6. The van der Waals surface area contributed by atoms with Crippen molar-refractivity contribution in [2.24, 2.45) is 9.98 Å². The molecule has 2 heterocycles. The standard InChI is InChI=1S/C11H11N3O3S2/c15-9(16)2-1-3-14-10(17)8(19-11(14)18)4-7-5-12-6-13-7/h4-6,17H,1-3H2,(H,15,16)/b7-4+. The van der Waals surface area contributed by atoms with E-state index in [4.69, 9.17) is 17.3 Å². The molecule has 1 aromatic rings. The van der Waals surface area contributed by atoms with Gasteiger partial charge in [-0.25, -0.2) is 9.98 Å². The summed E-state index contributed by atoms with van der Waals surface area (Å²) in [6.07, 6.45) is 5.16. The molecule has 8 heteroatoms. The molecular weight excluding hydrogens is 286 g/mol. The number of rotatable bonds is 5. The summed E-state index contributed by atoms with van der Waals surface area (Å²) in [4.78, 5) is 18.9. The van der Waals surface area contributed by atoms with Crippen molar-refractivity contribution in [3.05, 3.63) is 14.5 Å². The molecule has 0 aliphatic carbocycles. The third-order valence-corrected chi connectivity index (χ3v) is 3.81. The van der Waals surface area contributed by atoms with Crippen LogP contribution in [0.5, 0.6) is 5.88 Å². The minimum absolute atomic E-state index is 0.0448. The smallest absolute Gasteiger partial charge is 0.303 e. The molecule has 0 fully saturated rings. The molecule has 0 aromatic carbocycles. The summed E-state index contributed by atoms with van der Waals surface area (Å²) in [6.45, 7) is 0.383. The number of aliphatic carboxylic acids is 1. The Balaban J connectivity index is 2.17. The van der Waals surface area contributed by atoms with Crippen molar-refractivity contribution >= 4 is 48.2 Å². The number of hydrogen-bond donors (Lipinski definition) is 2. The van der Waals surface area contributed by atoms with E-state index in [1.165, 1.54) is 22.2 Å². The third kappa shape index (κ3) is 3.36. The molecular formula is C11H11N3O3S2. The zero-order valence-corrected chi connectivity index (χ0v) is 11.4. The maximum Gasteiger partial charge on any atom is 0.303 e. The van der Waals surface area contributed by atoms with Gasteiger partial charge in [-0.2, -0.15) is 0 Å². The first kappa shape index (κ1) is 13.6. The van der Waals surface area contributed by atoms with Crippen LogP contribution in [0.1, 0.15) is 17.7 Å².